The Morgan fingerprint density at radius 2 is 2.29 bits per heavy atom. The fraction of sp³-hybridized carbons (Fsp3) is 0.500. The number of nitrogens with zero attached hydrogens (tertiary/aromatic N) is 1. The van der Waals surface area contributed by atoms with Gasteiger partial charge >= 0.3 is 13.3 Å². The first-order valence-corrected chi connectivity index (χ1v) is 4.22. The molecule has 0 spiro atoms. The van der Waals surface area contributed by atoms with Crippen molar-refractivity contribution in [3.05, 3.63) is 23.5 Å². The third-order valence-electron chi connectivity index (χ3n) is 1.82. The zero-order chi connectivity index (χ0) is 20.9. The molecule has 1 aromatic rings. The number of hydrogen-bond donors (Lipinski definition) is 2. The predicted octanol–water partition coefficient (Wildman–Crippen LogP) is 1.29. The van der Waals surface area contributed by atoms with Crippen molar-refractivity contribution in [2.75, 3.05) is 0 Å². The van der Waals surface area contributed by atoms with Crippen LogP contribution in [0.3, 0.4) is 0 Å². The average molecular weight is 256 g/mol. The van der Waals surface area contributed by atoms with Gasteiger partial charge < -0.3 is 10.0 Å². The molecule has 1 heterocycles. The molecule has 0 fully saturated rings. The third kappa shape index (κ3) is 3.44. The number of halogens is 3. The van der Waals surface area contributed by atoms with Crippen molar-refractivity contribution in [1.82, 2.24) is 4.98 Å². The van der Waals surface area contributed by atoms with Gasteiger partial charge in [0.2, 0.25) is 0 Å². The summed E-state index contributed by atoms with van der Waals surface area (Å²) in [7, 11) is -2.53. The summed E-state index contributed by atoms with van der Waals surface area (Å²) in [6.07, 6.45) is -9.07. The molecule has 3 nitrogen and oxygen atoms in total. The second kappa shape index (κ2) is 5.06. The Kier molecular flexibility index (Phi) is 1.70. The van der Waals surface area contributed by atoms with Crippen LogP contribution in [0.5, 0.6) is 0 Å². The summed E-state index contributed by atoms with van der Waals surface area (Å²) in [4.78, 5) is 2.92. The third-order valence-corrected chi connectivity index (χ3v) is 1.82. The van der Waals surface area contributed by atoms with Gasteiger partial charge in [-0.3, -0.25) is 0 Å². The topological polar surface area (TPSA) is 53.4 Å². The molecule has 1 atom stereocenters. The molecule has 0 aliphatic carbocycles. The number of aromatic nitrogens is 1. The maximum atomic E-state index is 13.0. The minimum Gasteiger partial charge on any atom is -0.423 e. The molecular weight excluding hydrogens is 234 g/mol. The first kappa shape index (κ1) is 5.71. The summed E-state index contributed by atoms with van der Waals surface area (Å²) in [5, 5.41) is 18.2. The molecule has 1 rings (SSSR count). The molecule has 94 valence electrons. The van der Waals surface area contributed by atoms with Crippen LogP contribution in [0.4, 0.5) is 13.2 Å². The van der Waals surface area contributed by atoms with Crippen LogP contribution in [-0.4, -0.2) is 22.2 Å². The normalized spacial score (nSPS) is 25.6. The molecule has 17 heavy (non-hydrogen) atoms. The Morgan fingerprint density at radius 3 is 2.76 bits per heavy atom. The molecule has 0 aromatic carbocycles. The maximum Gasteiger partial charge on any atom is 0.488 e. The molecule has 0 saturated heterocycles. The van der Waals surface area contributed by atoms with Crippen LogP contribution in [0, 0.1) is 0 Å². The van der Waals surface area contributed by atoms with E-state index in [9.17, 15) is 13.2 Å². The second-order valence-corrected chi connectivity index (χ2v) is 3.04. The van der Waals surface area contributed by atoms with E-state index in [1.807, 2.05) is 0 Å². The zero-order valence-electron chi connectivity index (χ0n) is 17.2. The first-order valence-electron chi connectivity index (χ1n) is 8.72. The van der Waals surface area contributed by atoms with Crippen LogP contribution >= 0.6 is 0 Å². The van der Waals surface area contributed by atoms with Crippen molar-refractivity contribution in [2.45, 2.75) is 32.1 Å². The van der Waals surface area contributed by atoms with E-state index in [1.165, 1.54) is 0 Å². The monoisotopic (exact) mass is 256 g/mol. The quantitative estimate of drug-likeness (QED) is 0.801. The summed E-state index contributed by atoms with van der Waals surface area (Å²) in [6, 6.07) is 0.516. The molecule has 1 unspecified atom stereocenters. The average Bonchev–Trinajstić information content (AvgIpc) is 2.42. The maximum absolute atomic E-state index is 13.0. The lowest BCUT2D eigenvalue weighted by molar-refractivity contribution is -0.141. The van der Waals surface area contributed by atoms with Crippen LogP contribution in [0.2, 0.25) is 0 Å². The van der Waals surface area contributed by atoms with Gasteiger partial charge in [-0.25, -0.2) is 4.98 Å². The molecule has 7 heteroatoms. The lowest BCUT2D eigenvalue weighted by Gasteiger charge is -2.14. The van der Waals surface area contributed by atoms with Gasteiger partial charge in [-0.15, -0.1) is 0 Å². The van der Waals surface area contributed by atoms with E-state index in [2.05, 4.69) is 4.98 Å². The van der Waals surface area contributed by atoms with Crippen molar-refractivity contribution in [3.8, 4) is 0 Å². The lowest BCUT2D eigenvalue weighted by Crippen LogP contribution is -2.32. The molecule has 0 saturated carbocycles. The van der Waals surface area contributed by atoms with E-state index in [1.54, 1.807) is 0 Å². The van der Waals surface area contributed by atoms with Crippen molar-refractivity contribution >= 4 is 12.6 Å². The Hall–Kier alpha value is -1.08. The largest absolute Gasteiger partial charge is 0.488 e. The first-order chi connectivity index (χ1) is 11.3. The summed E-state index contributed by atoms with van der Waals surface area (Å²) in [5.74, 6) is -3.77. The van der Waals surface area contributed by atoms with Crippen molar-refractivity contribution < 1.29 is 35.6 Å². The van der Waals surface area contributed by atoms with Gasteiger partial charge in [0.15, 0.2) is 0 Å². The Morgan fingerprint density at radius 1 is 1.59 bits per heavy atom. The minimum atomic E-state index is -5.21. The van der Waals surface area contributed by atoms with E-state index in [0.717, 1.165) is 0 Å². The van der Waals surface area contributed by atoms with E-state index >= 15 is 0 Å². The standard InChI is InChI=1S/C10H13BF3NO2/c1-3-6(2)8-4-7(11(16)17)5-9(15-8)10(12,13)14/h4-6,16-17H,3H2,1-2H3/i1D3,2D3,3D2,6D. The summed E-state index contributed by atoms with van der Waals surface area (Å²) >= 11 is 0. The van der Waals surface area contributed by atoms with Crippen LogP contribution < -0.4 is 5.46 Å². The Balaban J connectivity index is 3.93. The number of pyridine rings is 1. The van der Waals surface area contributed by atoms with Crippen molar-refractivity contribution in [1.29, 1.82) is 0 Å². The van der Waals surface area contributed by atoms with Gasteiger partial charge in [0.25, 0.3) is 0 Å². The van der Waals surface area contributed by atoms with Crippen molar-refractivity contribution in [3.63, 3.8) is 0 Å². The van der Waals surface area contributed by atoms with Gasteiger partial charge in [-0.1, -0.05) is 13.7 Å². The molecule has 1 aromatic heterocycles. The minimum absolute atomic E-state index is 0.166. The van der Waals surface area contributed by atoms with E-state index in [0.29, 0.717) is 6.07 Å². The molecular formula is C10H13BF3NO2. The second-order valence-electron chi connectivity index (χ2n) is 3.04. The molecule has 0 aliphatic rings. The SMILES string of the molecule is [2H]C([2H])([2H])C([2H])([2H])C([2H])(c1cc(B(O)O)cc(C(F)(F)F)n1)C([2H])([2H])[2H]. The number of hydrogen-bond acceptors (Lipinski definition) is 3. The molecule has 2 N–H and O–H groups in total. The fourth-order valence-corrected chi connectivity index (χ4v) is 1.04. The van der Waals surface area contributed by atoms with Gasteiger partial charge in [0, 0.05) is 18.0 Å². The summed E-state index contributed by atoms with van der Waals surface area (Å²) < 4.78 is 106. The van der Waals surface area contributed by atoms with E-state index in [-0.39, 0.29) is 6.07 Å². The smallest absolute Gasteiger partial charge is 0.423 e. The molecule has 0 amide bonds. The lowest BCUT2D eigenvalue weighted by atomic mass is 9.79. The highest BCUT2D eigenvalue weighted by molar-refractivity contribution is 6.58. The van der Waals surface area contributed by atoms with Gasteiger partial charge in [-0.05, 0) is 29.9 Å². The van der Waals surface area contributed by atoms with Crippen LogP contribution in [0.1, 0.15) is 49.7 Å². The molecule has 0 aliphatic heterocycles. The van der Waals surface area contributed by atoms with Gasteiger partial charge in [0.1, 0.15) is 5.69 Å². The number of rotatable bonds is 3. The van der Waals surface area contributed by atoms with E-state index in [4.69, 9.17) is 22.4 Å². The Bertz CT molecular complexity index is 677. The Labute approximate surface area is 110 Å². The highest BCUT2D eigenvalue weighted by Gasteiger charge is 2.34. The van der Waals surface area contributed by atoms with Crippen LogP contribution in [0.25, 0.3) is 0 Å². The van der Waals surface area contributed by atoms with Crippen LogP contribution in [-0.2, 0) is 6.18 Å². The summed E-state index contributed by atoms with van der Waals surface area (Å²) in [6.45, 7) is -7.48. The molecule has 0 radical (unpaired) electrons. The predicted molar refractivity (Wildman–Crippen MR) is 57.8 cm³/mol. The van der Waals surface area contributed by atoms with Crippen molar-refractivity contribution in [2.24, 2.45) is 0 Å². The summed E-state index contributed by atoms with van der Waals surface area (Å²) in [5.41, 5.74) is -4.18. The van der Waals surface area contributed by atoms with E-state index < -0.39 is 56.1 Å². The van der Waals surface area contributed by atoms with Crippen LogP contribution in [0.15, 0.2) is 12.1 Å². The fourth-order valence-electron chi connectivity index (χ4n) is 1.04. The highest BCUT2D eigenvalue weighted by atomic mass is 19.4. The van der Waals surface area contributed by atoms with Gasteiger partial charge in [0.05, 0.1) is 0 Å². The zero-order valence-corrected chi connectivity index (χ0v) is 8.21. The van der Waals surface area contributed by atoms with Gasteiger partial charge in [-0.2, -0.15) is 13.2 Å². The number of alkyl halides is 3. The highest BCUT2D eigenvalue weighted by Crippen LogP contribution is 2.28. The molecule has 0 bridgehead atoms.